The van der Waals surface area contributed by atoms with Crippen molar-refractivity contribution in [1.29, 1.82) is 0 Å². The van der Waals surface area contributed by atoms with Gasteiger partial charge >= 0.3 is 0 Å². The summed E-state index contributed by atoms with van der Waals surface area (Å²) in [5.41, 5.74) is 2.89. The highest BCUT2D eigenvalue weighted by molar-refractivity contribution is 6.31. The van der Waals surface area contributed by atoms with Gasteiger partial charge in [-0.15, -0.1) is 0 Å². The minimum absolute atomic E-state index is 0.0936. The van der Waals surface area contributed by atoms with Crippen molar-refractivity contribution in [2.45, 2.75) is 20.3 Å². The van der Waals surface area contributed by atoms with E-state index in [1.165, 1.54) is 18.2 Å². The summed E-state index contributed by atoms with van der Waals surface area (Å²) in [6.45, 7) is 3.95. The van der Waals surface area contributed by atoms with Crippen molar-refractivity contribution in [2.75, 3.05) is 5.32 Å². The van der Waals surface area contributed by atoms with Gasteiger partial charge < -0.3 is 9.72 Å². The third kappa shape index (κ3) is 3.18. The number of halogens is 1. The molecule has 0 radical (unpaired) electrons. The van der Waals surface area contributed by atoms with Gasteiger partial charge in [0.05, 0.1) is 16.2 Å². The Hall–Kier alpha value is -2.93. The molecule has 7 nitrogen and oxygen atoms in total. The number of fused-ring (bicyclic) bond motifs is 1. The fourth-order valence-corrected chi connectivity index (χ4v) is 2.80. The molecule has 0 saturated heterocycles. The molecule has 1 aromatic carbocycles. The van der Waals surface area contributed by atoms with Crippen molar-refractivity contribution in [3.05, 3.63) is 68.6 Å². The number of pyridine rings is 1. The molecule has 0 bridgehead atoms. The van der Waals surface area contributed by atoms with E-state index in [2.05, 4.69) is 10.3 Å². The summed E-state index contributed by atoms with van der Waals surface area (Å²) in [4.78, 5) is 27.5. The molecule has 0 atom stereocenters. The van der Waals surface area contributed by atoms with Gasteiger partial charge in [-0.3, -0.25) is 14.9 Å². The van der Waals surface area contributed by atoms with Crippen molar-refractivity contribution >= 4 is 34.5 Å². The third-order valence-electron chi connectivity index (χ3n) is 3.96. The maximum atomic E-state index is 12.5. The van der Waals surface area contributed by atoms with E-state index in [4.69, 9.17) is 11.6 Å². The van der Waals surface area contributed by atoms with E-state index in [9.17, 15) is 14.9 Å². The van der Waals surface area contributed by atoms with E-state index in [-0.39, 0.29) is 16.4 Å². The van der Waals surface area contributed by atoms with Crippen molar-refractivity contribution in [3.8, 4) is 0 Å². The van der Waals surface area contributed by atoms with E-state index in [0.29, 0.717) is 5.56 Å². The Balaban J connectivity index is 1.95. The van der Waals surface area contributed by atoms with Crippen LogP contribution in [0.4, 0.5) is 11.4 Å². The van der Waals surface area contributed by atoms with E-state index >= 15 is 0 Å². The van der Waals surface area contributed by atoms with Gasteiger partial charge in [0, 0.05) is 23.0 Å². The number of carbonyl (C=O) groups is 1. The van der Waals surface area contributed by atoms with Crippen molar-refractivity contribution < 1.29 is 9.72 Å². The number of anilines is 1. The zero-order valence-electron chi connectivity index (χ0n) is 13.6. The number of imidazole rings is 1. The molecule has 0 aliphatic rings. The van der Waals surface area contributed by atoms with E-state index < -0.39 is 10.8 Å². The van der Waals surface area contributed by atoms with E-state index in [0.717, 1.165) is 23.5 Å². The molecule has 0 aliphatic heterocycles. The molecule has 25 heavy (non-hydrogen) atoms. The van der Waals surface area contributed by atoms with E-state index in [1.54, 1.807) is 18.3 Å². The first-order valence-corrected chi connectivity index (χ1v) is 8.01. The summed E-state index contributed by atoms with van der Waals surface area (Å²) in [5, 5.41) is 13.9. The van der Waals surface area contributed by atoms with Crippen LogP contribution in [0.3, 0.4) is 0 Å². The van der Waals surface area contributed by atoms with Gasteiger partial charge in [0.2, 0.25) is 0 Å². The highest BCUT2D eigenvalue weighted by Gasteiger charge is 2.18. The first kappa shape index (κ1) is 16.9. The topological polar surface area (TPSA) is 89.5 Å². The molecule has 3 aromatic rings. The average molecular weight is 359 g/mol. The largest absolute Gasteiger partial charge is 0.316 e. The molecule has 2 heterocycles. The number of carbonyl (C=O) groups excluding carboxylic acids is 1. The van der Waals surface area contributed by atoms with Crippen LogP contribution >= 0.6 is 11.6 Å². The normalized spacial score (nSPS) is 10.8. The van der Waals surface area contributed by atoms with Crippen molar-refractivity contribution in [3.63, 3.8) is 0 Å². The summed E-state index contributed by atoms with van der Waals surface area (Å²) in [7, 11) is 0. The first-order chi connectivity index (χ1) is 11.9. The molecule has 0 spiro atoms. The molecular weight excluding hydrogens is 344 g/mol. The number of aryl methyl sites for hydroxylation is 2. The average Bonchev–Trinajstić information content (AvgIpc) is 2.91. The second-order valence-corrected chi connectivity index (χ2v) is 5.95. The SMILES string of the molecule is CCc1nc2ccc(C(=O)Nc3ccc(Cl)cc3[N+](=O)[O-])cn2c1C. The quantitative estimate of drug-likeness (QED) is 0.563. The van der Waals surface area contributed by atoms with E-state index in [1.807, 2.05) is 18.2 Å². The molecule has 0 aliphatic carbocycles. The van der Waals surface area contributed by atoms with Crippen LogP contribution in [0, 0.1) is 17.0 Å². The summed E-state index contributed by atoms with van der Waals surface area (Å²) in [6, 6.07) is 7.49. The molecule has 0 saturated carbocycles. The Morgan fingerprint density at radius 2 is 2.12 bits per heavy atom. The first-order valence-electron chi connectivity index (χ1n) is 7.63. The highest BCUT2D eigenvalue weighted by atomic mass is 35.5. The minimum atomic E-state index is -0.585. The molecule has 8 heteroatoms. The summed E-state index contributed by atoms with van der Waals surface area (Å²) >= 11 is 5.79. The molecule has 2 aromatic heterocycles. The Kier molecular flexibility index (Phi) is 4.41. The molecule has 128 valence electrons. The minimum Gasteiger partial charge on any atom is -0.316 e. The number of nitrogens with one attached hydrogen (secondary N) is 1. The van der Waals surface area contributed by atoms with Gasteiger partial charge in [0.1, 0.15) is 11.3 Å². The monoisotopic (exact) mass is 358 g/mol. The Labute approximate surface area is 148 Å². The van der Waals surface area contributed by atoms with Crippen molar-refractivity contribution in [1.82, 2.24) is 9.38 Å². The molecule has 3 rings (SSSR count). The lowest BCUT2D eigenvalue weighted by Gasteiger charge is -2.07. The number of aromatic nitrogens is 2. The summed E-state index contributed by atoms with van der Waals surface area (Å²) in [5.74, 6) is -0.446. The van der Waals surface area contributed by atoms with Gasteiger partial charge in [-0.1, -0.05) is 18.5 Å². The van der Waals surface area contributed by atoms with Crippen LogP contribution in [0.2, 0.25) is 5.02 Å². The van der Waals surface area contributed by atoms with Crippen LogP contribution in [-0.2, 0) is 6.42 Å². The molecule has 0 fully saturated rings. The van der Waals surface area contributed by atoms with Crippen LogP contribution < -0.4 is 5.32 Å². The zero-order chi connectivity index (χ0) is 18.1. The van der Waals surface area contributed by atoms with Crippen molar-refractivity contribution in [2.24, 2.45) is 0 Å². The number of amides is 1. The van der Waals surface area contributed by atoms with Crippen LogP contribution in [0.25, 0.3) is 5.65 Å². The molecular formula is C17H15ClN4O3. The highest BCUT2D eigenvalue weighted by Crippen LogP contribution is 2.28. The second-order valence-electron chi connectivity index (χ2n) is 5.52. The Bertz CT molecular complexity index is 997. The lowest BCUT2D eigenvalue weighted by atomic mass is 10.2. The molecule has 0 unspecified atom stereocenters. The number of hydrogen-bond donors (Lipinski definition) is 1. The fourth-order valence-electron chi connectivity index (χ4n) is 2.64. The van der Waals surface area contributed by atoms with Gasteiger partial charge in [0.25, 0.3) is 11.6 Å². The fraction of sp³-hybridized carbons (Fsp3) is 0.176. The number of benzene rings is 1. The van der Waals surface area contributed by atoms with Gasteiger partial charge in [-0.05, 0) is 37.6 Å². The zero-order valence-corrected chi connectivity index (χ0v) is 14.4. The molecule has 1 amide bonds. The second kappa shape index (κ2) is 6.52. The predicted molar refractivity (Wildman–Crippen MR) is 95.4 cm³/mol. The number of nitro benzene ring substituents is 1. The molecule has 1 N–H and O–H groups in total. The maximum absolute atomic E-state index is 12.5. The van der Waals surface area contributed by atoms with Crippen LogP contribution in [0.1, 0.15) is 28.7 Å². The Morgan fingerprint density at radius 1 is 1.36 bits per heavy atom. The maximum Gasteiger partial charge on any atom is 0.294 e. The van der Waals surface area contributed by atoms with Gasteiger partial charge in [-0.2, -0.15) is 0 Å². The Morgan fingerprint density at radius 3 is 2.80 bits per heavy atom. The number of nitro groups is 1. The number of nitrogens with zero attached hydrogens (tertiary/aromatic N) is 3. The van der Waals surface area contributed by atoms with Gasteiger partial charge in [0.15, 0.2) is 0 Å². The van der Waals surface area contributed by atoms with Crippen LogP contribution in [0.15, 0.2) is 36.5 Å². The standard InChI is InChI=1S/C17H15ClN4O3/c1-3-13-10(2)21-9-11(4-7-16(21)19-13)17(23)20-14-6-5-12(18)8-15(14)22(24)25/h4-9H,3H2,1-2H3,(H,20,23). The third-order valence-corrected chi connectivity index (χ3v) is 4.19. The predicted octanol–water partition coefficient (Wildman–Crippen LogP) is 4.02. The smallest absolute Gasteiger partial charge is 0.294 e. The van der Waals surface area contributed by atoms with Crippen LogP contribution in [0.5, 0.6) is 0 Å². The number of hydrogen-bond acceptors (Lipinski definition) is 4. The summed E-state index contributed by atoms with van der Waals surface area (Å²) < 4.78 is 1.84. The lowest BCUT2D eigenvalue weighted by molar-refractivity contribution is -0.383. The lowest BCUT2D eigenvalue weighted by Crippen LogP contribution is -2.14. The summed E-state index contributed by atoms with van der Waals surface area (Å²) in [6.07, 6.45) is 2.47. The van der Waals surface area contributed by atoms with Crippen LogP contribution in [-0.4, -0.2) is 20.2 Å². The number of rotatable bonds is 4. The van der Waals surface area contributed by atoms with Gasteiger partial charge in [-0.25, -0.2) is 4.98 Å².